The first-order valence-electron chi connectivity index (χ1n) is 5.88. The summed E-state index contributed by atoms with van der Waals surface area (Å²) in [6.45, 7) is 1.61. The number of carbonyl (C=O) groups is 2. The second-order valence-corrected chi connectivity index (χ2v) is 4.36. The van der Waals surface area contributed by atoms with Gasteiger partial charge in [-0.1, -0.05) is 18.2 Å². The SMILES string of the molecule is COC(=O)C1=C(C)NC(=O)C[C@@H]1c1ccccc1F. The van der Waals surface area contributed by atoms with Crippen molar-refractivity contribution in [1.29, 1.82) is 0 Å². The van der Waals surface area contributed by atoms with Gasteiger partial charge in [-0.3, -0.25) is 4.79 Å². The quantitative estimate of drug-likeness (QED) is 0.829. The van der Waals surface area contributed by atoms with Crippen LogP contribution in [0.15, 0.2) is 35.5 Å². The van der Waals surface area contributed by atoms with Gasteiger partial charge in [-0.2, -0.15) is 0 Å². The molecule has 1 N–H and O–H groups in total. The van der Waals surface area contributed by atoms with Crippen LogP contribution in [-0.2, 0) is 14.3 Å². The number of rotatable bonds is 2. The van der Waals surface area contributed by atoms with Crippen molar-refractivity contribution in [3.63, 3.8) is 0 Å². The maximum Gasteiger partial charge on any atom is 0.336 e. The highest BCUT2D eigenvalue weighted by Gasteiger charge is 2.33. The Labute approximate surface area is 110 Å². The van der Waals surface area contributed by atoms with Gasteiger partial charge in [-0.05, 0) is 18.6 Å². The van der Waals surface area contributed by atoms with Gasteiger partial charge in [0.25, 0.3) is 0 Å². The number of halogens is 1. The van der Waals surface area contributed by atoms with E-state index in [9.17, 15) is 14.0 Å². The lowest BCUT2D eigenvalue weighted by molar-refractivity contribution is -0.136. The van der Waals surface area contributed by atoms with Crippen molar-refractivity contribution >= 4 is 11.9 Å². The Morgan fingerprint density at radius 3 is 2.74 bits per heavy atom. The third kappa shape index (κ3) is 2.50. The van der Waals surface area contributed by atoms with Gasteiger partial charge < -0.3 is 10.1 Å². The summed E-state index contributed by atoms with van der Waals surface area (Å²) in [5.74, 6) is -1.83. The van der Waals surface area contributed by atoms with Gasteiger partial charge in [0.2, 0.25) is 5.91 Å². The molecule has 1 amide bonds. The molecule has 2 rings (SSSR count). The molecular formula is C14H14FNO3. The van der Waals surface area contributed by atoms with E-state index in [2.05, 4.69) is 5.32 Å². The van der Waals surface area contributed by atoms with E-state index in [0.717, 1.165) is 0 Å². The highest BCUT2D eigenvalue weighted by Crippen LogP contribution is 2.34. The Hall–Kier alpha value is -2.17. The molecule has 0 saturated carbocycles. The molecule has 0 bridgehead atoms. The zero-order chi connectivity index (χ0) is 14.0. The first-order valence-corrected chi connectivity index (χ1v) is 5.88. The molecule has 5 heteroatoms. The molecule has 1 atom stereocenters. The van der Waals surface area contributed by atoms with Crippen LogP contribution in [0.1, 0.15) is 24.8 Å². The fourth-order valence-electron chi connectivity index (χ4n) is 2.30. The molecule has 0 saturated heterocycles. The van der Waals surface area contributed by atoms with E-state index >= 15 is 0 Å². The molecule has 0 unspecified atom stereocenters. The number of carbonyl (C=O) groups excluding carboxylic acids is 2. The third-order valence-electron chi connectivity index (χ3n) is 3.15. The van der Waals surface area contributed by atoms with E-state index in [4.69, 9.17) is 4.74 Å². The molecule has 19 heavy (non-hydrogen) atoms. The minimum atomic E-state index is -0.609. The molecule has 4 nitrogen and oxygen atoms in total. The van der Waals surface area contributed by atoms with E-state index in [-0.39, 0.29) is 12.3 Å². The minimum Gasteiger partial charge on any atom is -0.466 e. The van der Waals surface area contributed by atoms with Crippen LogP contribution in [-0.4, -0.2) is 19.0 Å². The van der Waals surface area contributed by atoms with Gasteiger partial charge in [0.15, 0.2) is 0 Å². The van der Waals surface area contributed by atoms with Crippen molar-refractivity contribution in [2.75, 3.05) is 7.11 Å². The zero-order valence-corrected chi connectivity index (χ0v) is 10.7. The number of hydrogen-bond donors (Lipinski definition) is 1. The standard InChI is InChI=1S/C14H14FNO3/c1-8-13(14(18)19-2)10(7-12(17)16-8)9-5-3-4-6-11(9)15/h3-6,10H,7H2,1-2H3,(H,16,17)/t10-/m1/s1. The molecule has 0 aromatic heterocycles. The first-order chi connectivity index (χ1) is 9.04. The van der Waals surface area contributed by atoms with Crippen LogP contribution in [0.4, 0.5) is 4.39 Å². The normalized spacial score (nSPS) is 19.1. The molecule has 100 valence electrons. The average molecular weight is 263 g/mol. The van der Waals surface area contributed by atoms with Crippen LogP contribution in [0.5, 0.6) is 0 Å². The monoisotopic (exact) mass is 263 g/mol. The number of hydrogen-bond acceptors (Lipinski definition) is 3. The number of esters is 1. The van der Waals surface area contributed by atoms with E-state index in [1.54, 1.807) is 25.1 Å². The van der Waals surface area contributed by atoms with Crippen LogP contribution in [0.25, 0.3) is 0 Å². The molecule has 1 aliphatic heterocycles. The number of ether oxygens (including phenoxy) is 1. The van der Waals surface area contributed by atoms with Crippen molar-refractivity contribution in [3.05, 3.63) is 46.9 Å². The zero-order valence-electron chi connectivity index (χ0n) is 10.7. The van der Waals surface area contributed by atoms with Crippen molar-refractivity contribution in [2.24, 2.45) is 0 Å². The summed E-state index contributed by atoms with van der Waals surface area (Å²) < 4.78 is 18.6. The number of nitrogens with one attached hydrogen (secondary N) is 1. The van der Waals surface area contributed by atoms with E-state index in [1.807, 2.05) is 0 Å². The summed E-state index contributed by atoms with van der Waals surface area (Å²) in [4.78, 5) is 23.4. The molecule has 1 aromatic carbocycles. The summed E-state index contributed by atoms with van der Waals surface area (Å²) in [7, 11) is 1.26. The molecule has 1 aliphatic rings. The summed E-state index contributed by atoms with van der Waals surface area (Å²) in [5.41, 5.74) is 1.04. The Morgan fingerprint density at radius 2 is 2.11 bits per heavy atom. The largest absolute Gasteiger partial charge is 0.466 e. The average Bonchev–Trinajstić information content (AvgIpc) is 2.37. The van der Waals surface area contributed by atoms with Crippen LogP contribution in [0.2, 0.25) is 0 Å². The van der Waals surface area contributed by atoms with Gasteiger partial charge in [-0.25, -0.2) is 9.18 Å². The molecule has 1 aromatic rings. The molecule has 0 spiro atoms. The van der Waals surface area contributed by atoms with Gasteiger partial charge >= 0.3 is 5.97 Å². The molecule has 0 aliphatic carbocycles. The van der Waals surface area contributed by atoms with Gasteiger partial charge in [0, 0.05) is 18.0 Å². The number of benzene rings is 1. The number of allylic oxidation sites excluding steroid dienone is 1. The second-order valence-electron chi connectivity index (χ2n) is 4.36. The Kier molecular flexibility index (Phi) is 3.64. The lowest BCUT2D eigenvalue weighted by Gasteiger charge is -2.26. The van der Waals surface area contributed by atoms with Crippen LogP contribution >= 0.6 is 0 Å². The van der Waals surface area contributed by atoms with E-state index < -0.39 is 17.7 Å². The lowest BCUT2D eigenvalue weighted by Crippen LogP contribution is -2.34. The van der Waals surface area contributed by atoms with Crippen LogP contribution < -0.4 is 5.32 Å². The topological polar surface area (TPSA) is 55.4 Å². The minimum absolute atomic E-state index is 0.0305. The lowest BCUT2D eigenvalue weighted by atomic mass is 9.84. The van der Waals surface area contributed by atoms with Gasteiger partial charge in [0.1, 0.15) is 5.82 Å². The predicted molar refractivity (Wildman–Crippen MR) is 66.6 cm³/mol. The second kappa shape index (κ2) is 5.22. The fraction of sp³-hybridized carbons (Fsp3) is 0.286. The van der Waals surface area contributed by atoms with E-state index in [1.165, 1.54) is 13.2 Å². The number of amides is 1. The smallest absolute Gasteiger partial charge is 0.336 e. The maximum atomic E-state index is 13.9. The molecule has 1 heterocycles. The molecular weight excluding hydrogens is 249 g/mol. The van der Waals surface area contributed by atoms with Gasteiger partial charge in [-0.15, -0.1) is 0 Å². The summed E-state index contributed by atoms with van der Waals surface area (Å²) in [5, 5.41) is 2.58. The summed E-state index contributed by atoms with van der Waals surface area (Å²) in [6, 6.07) is 6.13. The Morgan fingerprint density at radius 1 is 1.42 bits per heavy atom. The summed E-state index contributed by atoms with van der Waals surface area (Å²) in [6.07, 6.45) is 0.0305. The van der Waals surface area contributed by atoms with Crippen molar-refractivity contribution in [3.8, 4) is 0 Å². The highest BCUT2D eigenvalue weighted by molar-refractivity contribution is 5.95. The Bertz CT molecular complexity index is 566. The van der Waals surface area contributed by atoms with Crippen LogP contribution in [0, 0.1) is 5.82 Å². The summed E-state index contributed by atoms with van der Waals surface area (Å²) >= 11 is 0. The number of methoxy groups -OCH3 is 1. The van der Waals surface area contributed by atoms with Crippen LogP contribution in [0.3, 0.4) is 0 Å². The van der Waals surface area contributed by atoms with Crippen molar-refractivity contribution in [1.82, 2.24) is 5.32 Å². The highest BCUT2D eigenvalue weighted by atomic mass is 19.1. The molecule has 0 fully saturated rings. The van der Waals surface area contributed by atoms with Crippen molar-refractivity contribution in [2.45, 2.75) is 19.3 Å². The maximum absolute atomic E-state index is 13.9. The fourth-order valence-corrected chi connectivity index (χ4v) is 2.30. The first kappa shape index (κ1) is 13.3. The van der Waals surface area contributed by atoms with Gasteiger partial charge in [0.05, 0.1) is 12.7 Å². The van der Waals surface area contributed by atoms with Crippen molar-refractivity contribution < 1.29 is 18.7 Å². The Balaban J connectivity index is 2.53. The third-order valence-corrected chi connectivity index (χ3v) is 3.15. The predicted octanol–water partition coefficient (Wildman–Crippen LogP) is 1.88. The molecule has 0 radical (unpaired) electrons. The van der Waals surface area contributed by atoms with E-state index in [0.29, 0.717) is 16.8 Å².